The van der Waals surface area contributed by atoms with Gasteiger partial charge in [-0.15, -0.1) is 0 Å². The molecule has 0 saturated carbocycles. The summed E-state index contributed by atoms with van der Waals surface area (Å²) in [6.07, 6.45) is 5.06. The summed E-state index contributed by atoms with van der Waals surface area (Å²) in [4.78, 5) is 18.2. The van der Waals surface area contributed by atoms with Crippen LogP contribution in [0.1, 0.15) is 43.5 Å². The van der Waals surface area contributed by atoms with E-state index < -0.39 is 5.97 Å². The van der Waals surface area contributed by atoms with Gasteiger partial charge in [-0.05, 0) is 30.7 Å². The Bertz CT molecular complexity index is 498. The van der Waals surface area contributed by atoms with Gasteiger partial charge in [0.2, 0.25) is 0 Å². The molecule has 2 heterocycles. The van der Waals surface area contributed by atoms with Crippen LogP contribution in [0.4, 0.5) is 11.5 Å². The maximum atomic E-state index is 11.7. The van der Waals surface area contributed by atoms with Crippen LogP contribution in [0.2, 0.25) is 0 Å². The molecule has 1 aromatic heterocycles. The molecular formula is C15H23N3O2. The van der Waals surface area contributed by atoms with E-state index in [1.165, 1.54) is 7.11 Å². The Morgan fingerprint density at radius 2 is 2.20 bits per heavy atom. The molecule has 0 atom stereocenters. The fourth-order valence-electron chi connectivity index (χ4n) is 2.95. The largest absolute Gasteiger partial charge is 0.465 e. The number of nitrogens with two attached hydrogens (primary N) is 1. The minimum atomic E-state index is -0.414. The van der Waals surface area contributed by atoms with Crippen LogP contribution in [-0.4, -0.2) is 31.2 Å². The van der Waals surface area contributed by atoms with Gasteiger partial charge in [-0.1, -0.05) is 13.8 Å². The van der Waals surface area contributed by atoms with Crippen molar-refractivity contribution in [2.75, 3.05) is 30.8 Å². The zero-order valence-corrected chi connectivity index (χ0v) is 12.5. The summed E-state index contributed by atoms with van der Waals surface area (Å²) in [6.45, 7) is 6.34. The van der Waals surface area contributed by atoms with Crippen LogP contribution in [0.5, 0.6) is 0 Å². The molecule has 0 aliphatic carbocycles. The predicted molar refractivity (Wildman–Crippen MR) is 79.8 cm³/mol. The topological polar surface area (TPSA) is 68.5 Å². The van der Waals surface area contributed by atoms with Gasteiger partial charge in [0.25, 0.3) is 0 Å². The van der Waals surface area contributed by atoms with Gasteiger partial charge >= 0.3 is 5.97 Å². The lowest BCUT2D eigenvalue weighted by atomic mass is 9.82. The molecule has 20 heavy (non-hydrogen) atoms. The molecule has 1 aliphatic rings. The zero-order chi connectivity index (χ0) is 14.8. The smallest absolute Gasteiger partial charge is 0.340 e. The molecule has 2 N–H and O–H groups in total. The zero-order valence-electron chi connectivity index (χ0n) is 12.5. The van der Waals surface area contributed by atoms with Crippen molar-refractivity contribution in [2.24, 2.45) is 5.41 Å². The average molecular weight is 277 g/mol. The number of ether oxygens (including phenoxy) is 1. The van der Waals surface area contributed by atoms with Gasteiger partial charge in [-0.2, -0.15) is 0 Å². The van der Waals surface area contributed by atoms with E-state index in [-0.39, 0.29) is 0 Å². The highest BCUT2D eigenvalue weighted by Gasteiger charge is 2.36. The number of hydrogen-bond acceptors (Lipinski definition) is 5. The maximum absolute atomic E-state index is 11.7. The van der Waals surface area contributed by atoms with Gasteiger partial charge in [-0.3, -0.25) is 0 Å². The highest BCUT2D eigenvalue weighted by molar-refractivity contribution is 5.97. The second-order valence-corrected chi connectivity index (χ2v) is 5.47. The van der Waals surface area contributed by atoms with Crippen molar-refractivity contribution in [3.05, 3.63) is 17.8 Å². The molecule has 0 radical (unpaired) electrons. The molecule has 0 bridgehead atoms. The van der Waals surface area contributed by atoms with Crippen molar-refractivity contribution < 1.29 is 9.53 Å². The van der Waals surface area contributed by atoms with E-state index in [0.717, 1.165) is 32.4 Å². The fraction of sp³-hybridized carbons (Fsp3) is 0.600. The molecule has 1 aromatic rings. The van der Waals surface area contributed by atoms with Gasteiger partial charge in [0.05, 0.1) is 18.4 Å². The second-order valence-electron chi connectivity index (χ2n) is 5.47. The third-order valence-electron chi connectivity index (χ3n) is 4.61. The van der Waals surface area contributed by atoms with Crippen LogP contribution < -0.4 is 10.6 Å². The minimum absolute atomic E-state index is 0.343. The molecule has 110 valence electrons. The first-order valence-corrected chi connectivity index (χ1v) is 7.14. The van der Waals surface area contributed by atoms with Gasteiger partial charge < -0.3 is 15.4 Å². The van der Waals surface area contributed by atoms with Crippen molar-refractivity contribution in [1.82, 2.24) is 4.98 Å². The number of nitrogens with zero attached hydrogens (tertiary/aromatic N) is 2. The summed E-state index contributed by atoms with van der Waals surface area (Å²) < 4.78 is 4.75. The Kier molecular flexibility index (Phi) is 4.16. The van der Waals surface area contributed by atoms with E-state index in [0.29, 0.717) is 22.5 Å². The molecule has 0 aromatic carbocycles. The normalized spacial score (nSPS) is 17.2. The molecule has 5 heteroatoms. The summed E-state index contributed by atoms with van der Waals surface area (Å²) in [6, 6.07) is 1.60. The molecule has 1 aliphatic heterocycles. The number of pyridine rings is 1. The number of nitrogen functional groups attached to an aromatic ring is 1. The first-order valence-electron chi connectivity index (χ1n) is 7.14. The first-order chi connectivity index (χ1) is 9.56. The number of carbonyl (C=O) groups is 1. The van der Waals surface area contributed by atoms with E-state index in [1.54, 1.807) is 12.3 Å². The number of hydrogen-bond donors (Lipinski definition) is 1. The number of rotatable bonds is 4. The molecule has 2 rings (SSSR count). The average Bonchev–Trinajstić information content (AvgIpc) is 2.91. The molecule has 1 saturated heterocycles. The number of esters is 1. The highest BCUT2D eigenvalue weighted by Crippen LogP contribution is 2.40. The third kappa shape index (κ3) is 2.44. The van der Waals surface area contributed by atoms with Gasteiger partial charge in [0.1, 0.15) is 0 Å². The lowest BCUT2D eigenvalue weighted by Gasteiger charge is -2.27. The summed E-state index contributed by atoms with van der Waals surface area (Å²) in [7, 11) is 1.36. The van der Waals surface area contributed by atoms with Crippen LogP contribution in [0.3, 0.4) is 0 Å². The quantitative estimate of drug-likeness (QED) is 0.856. The second kappa shape index (κ2) is 5.69. The Hall–Kier alpha value is -1.78. The van der Waals surface area contributed by atoms with E-state index in [1.807, 2.05) is 0 Å². The lowest BCUT2D eigenvalue weighted by Crippen LogP contribution is -2.27. The van der Waals surface area contributed by atoms with Crippen LogP contribution in [0.25, 0.3) is 0 Å². The van der Waals surface area contributed by atoms with Crippen molar-refractivity contribution in [1.29, 1.82) is 0 Å². The Balaban J connectivity index is 2.29. The van der Waals surface area contributed by atoms with Gasteiger partial charge in [-0.25, -0.2) is 9.78 Å². The minimum Gasteiger partial charge on any atom is -0.465 e. The summed E-state index contributed by atoms with van der Waals surface area (Å²) >= 11 is 0. The van der Waals surface area contributed by atoms with Crippen molar-refractivity contribution in [3.63, 3.8) is 0 Å². The Labute approximate surface area is 120 Å². The Morgan fingerprint density at radius 3 is 2.75 bits per heavy atom. The molecular weight excluding hydrogens is 254 g/mol. The van der Waals surface area contributed by atoms with E-state index >= 15 is 0 Å². The maximum Gasteiger partial charge on any atom is 0.340 e. The Morgan fingerprint density at radius 1 is 1.50 bits per heavy atom. The SMILES string of the molecule is CCC1(CC)CCN(c2nccc(C(=O)OC)c2N)C1. The van der Waals surface area contributed by atoms with E-state index in [4.69, 9.17) is 10.5 Å². The van der Waals surface area contributed by atoms with Gasteiger partial charge in [0, 0.05) is 19.3 Å². The predicted octanol–water partition coefficient (Wildman–Crippen LogP) is 2.47. The molecule has 0 amide bonds. The molecule has 5 nitrogen and oxygen atoms in total. The molecule has 1 fully saturated rings. The molecule has 0 unspecified atom stereocenters. The lowest BCUT2D eigenvalue weighted by molar-refractivity contribution is 0.0602. The van der Waals surface area contributed by atoms with Crippen molar-refractivity contribution >= 4 is 17.5 Å². The third-order valence-corrected chi connectivity index (χ3v) is 4.61. The number of anilines is 2. The van der Waals surface area contributed by atoms with Crippen LogP contribution >= 0.6 is 0 Å². The summed E-state index contributed by atoms with van der Waals surface area (Å²) in [5, 5.41) is 0. The van der Waals surface area contributed by atoms with E-state index in [9.17, 15) is 4.79 Å². The van der Waals surface area contributed by atoms with Gasteiger partial charge in [0.15, 0.2) is 5.82 Å². The summed E-state index contributed by atoms with van der Waals surface area (Å²) in [5.41, 5.74) is 7.26. The van der Waals surface area contributed by atoms with Crippen LogP contribution in [-0.2, 0) is 4.74 Å². The van der Waals surface area contributed by atoms with Crippen molar-refractivity contribution in [2.45, 2.75) is 33.1 Å². The van der Waals surface area contributed by atoms with E-state index in [2.05, 4.69) is 23.7 Å². The number of carbonyl (C=O) groups excluding carboxylic acids is 1. The number of methoxy groups -OCH3 is 1. The highest BCUT2D eigenvalue weighted by atomic mass is 16.5. The summed E-state index contributed by atoms with van der Waals surface area (Å²) in [5.74, 6) is 0.291. The van der Waals surface area contributed by atoms with Crippen LogP contribution in [0.15, 0.2) is 12.3 Å². The monoisotopic (exact) mass is 277 g/mol. The first kappa shape index (κ1) is 14.6. The van der Waals surface area contributed by atoms with Crippen molar-refractivity contribution in [3.8, 4) is 0 Å². The standard InChI is InChI=1S/C15H23N3O2/c1-4-15(5-2)7-9-18(10-15)13-12(16)11(6-8-17-13)14(19)20-3/h6,8H,4-5,7,9-10,16H2,1-3H3. The molecule has 0 spiro atoms. The fourth-order valence-corrected chi connectivity index (χ4v) is 2.95. The van der Waals surface area contributed by atoms with Crippen LogP contribution in [0, 0.1) is 5.41 Å². The number of aromatic nitrogens is 1.